The van der Waals surface area contributed by atoms with Crippen LogP contribution in [0.1, 0.15) is 24.5 Å². The molecule has 0 bridgehead atoms. The maximum atomic E-state index is 13.6. The van der Waals surface area contributed by atoms with Crippen LogP contribution in [0.4, 0.5) is 10.1 Å². The van der Waals surface area contributed by atoms with Crippen LogP contribution in [0.2, 0.25) is 0 Å². The number of hydrogen-bond acceptors (Lipinski definition) is 3. The number of carbonyl (C=O) groups excluding carboxylic acids is 1. The summed E-state index contributed by atoms with van der Waals surface area (Å²) < 4.78 is 39.2. The van der Waals surface area contributed by atoms with E-state index in [-0.39, 0.29) is 24.7 Å². The van der Waals surface area contributed by atoms with Crippen LogP contribution >= 0.6 is 0 Å². The fraction of sp³-hybridized carbons (Fsp3) is 0.350. The second kappa shape index (κ2) is 9.50. The molecule has 0 aliphatic heterocycles. The summed E-state index contributed by atoms with van der Waals surface area (Å²) in [6.07, 6.45) is 2.24. The molecule has 7 heteroatoms. The third-order valence-corrected chi connectivity index (χ3v) is 5.44. The van der Waals surface area contributed by atoms with Crippen molar-refractivity contribution in [3.8, 4) is 0 Å². The van der Waals surface area contributed by atoms with Crippen molar-refractivity contribution in [3.05, 3.63) is 65.5 Å². The van der Waals surface area contributed by atoms with Gasteiger partial charge in [0.2, 0.25) is 15.9 Å². The number of aryl methyl sites for hydroxylation is 1. The van der Waals surface area contributed by atoms with Crippen LogP contribution in [0, 0.1) is 5.82 Å². The van der Waals surface area contributed by atoms with Gasteiger partial charge in [0, 0.05) is 19.5 Å². The topological polar surface area (TPSA) is 66.5 Å². The molecule has 0 heterocycles. The normalized spacial score (nSPS) is 11.2. The largest absolute Gasteiger partial charge is 0.356 e. The van der Waals surface area contributed by atoms with E-state index in [9.17, 15) is 17.6 Å². The number of halogens is 1. The number of rotatable bonds is 9. The fourth-order valence-electron chi connectivity index (χ4n) is 2.85. The van der Waals surface area contributed by atoms with Crippen molar-refractivity contribution in [1.82, 2.24) is 5.32 Å². The van der Waals surface area contributed by atoms with Crippen LogP contribution in [-0.4, -0.2) is 33.7 Å². The second-order valence-corrected chi connectivity index (χ2v) is 8.17. The number of carbonyl (C=O) groups is 1. The molecule has 146 valence electrons. The van der Waals surface area contributed by atoms with E-state index >= 15 is 0 Å². The van der Waals surface area contributed by atoms with Crippen LogP contribution in [-0.2, 0) is 27.7 Å². The summed E-state index contributed by atoms with van der Waals surface area (Å²) in [5.74, 6) is -0.569. The Morgan fingerprint density at radius 2 is 1.70 bits per heavy atom. The first-order valence-electron chi connectivity index (χ1n) is 8.88. The van der Waals surface area contributed by atoms with Crippen molar-refractivity contribution >= 4 is 21.6 Å². The minimum absolute atomic E-state index is 0.0301. The zero-order valence-electron chi connectivity index (χ0n) is 15.6. The van der Waals surface area contributed by atoms with E-state index in [1.165, 1.54) is 10.4 Å². The molecule has 0 aliphatic rings. The minimum atomic E-state index is -3.51. The number of nitrogens with one attached hydrogen (secondary N) is 1. The van der Waals surface area contributed by atoms with Gasteiger partial charge in [-0.2, -0.15) is 0 Å². The smallest absolute Gasteiger partial charge is 0.232 e. The molecule has 0 aliphatic carbocycles. The molecule has 27 heavy (non-hydrogen) atoms. The Labute approximate surface area is 160 Å². The molecule has 0 radical (unpaired) electrons. The lowest BCUT2D eigenvalue weighted by Crippen LogP contribution is -2.35. The molecule has 2 rings (SSSR count). The Hall–Kier alpha value is -2.41. The van der Waals surface area contributed by atoms with Crippen molar-refractivity contribution in [2.45, 2.75) is 26.2 Å². The maximum absolute atomic E-state index is 13.6. The maximum Gasteiger partial charge on any atom is 0.232 e. The minimum Gasteiger partial charge on any atom is -0.356 e. The molecule has 2 aromatic carbocycles. The molecule has 0 aromatic heterocycles. The lowest BCUT2D eigenvalue weighted by molar-refractivity contribution is -0.120. The van der Waals surface area contributed by atoms with Gasteiger partial charge in [0.05, 0.1) is 11.9 Å². The zero-order valence-corrected chi connectivity index (χ0v) is 16.4. The van der Waals surface area contributed by atoms with E-state index in [2.05, 4.69) is 5.32 Å². The summed E-state index contributed by atoms with van der Waals surface area (Å²) in [7, 11) is -3.51. The molecule has 1 N–H and O–H groups in total. The van der Waals surface area contributed by atoms with E-state index in [0.717, 1.165) is 11.8 Å². The third kappa shape index (κ3) is 6.06. The fourth-order valence-corrected chi connectivity index (χ4v) is 3.81. The first-order chi connectivity index (χ1) is 12.8. The van der Waals surface area contributed by atoms with Gasteiger partial charge in [-0.3, -0.25) is 9.10 Å². The van der Waals surface area contributed by atoms with Gasteiger partial charge in [0.15, 0.2) is 0 Å². The summed E-state index contributed by atoms with van der Waals surface area (Å²) in [5, 5.41) is 2.72. The molecular weight excluding hydrogens is 367 g/mol. The quantitative estimate of drug-likeness (QED) is 0.714. The van der Waals surface area contributed by atoms with Crippen LogP contribution in [0.5, 0.6) is 0 Å². The lowest BCUT2D eigenvalue weighted by atomic mass is 10.1. The summed E-state index contributed by atoms with van der Waals surface area (Å²) >= 11 is 0. The Bertz CT molecular complexity index is 884. The van der Waals surface area contributed by atoms with E-state index in [1.807, 2.05) is 19.1 Å². The highest BCUT2D eigenvalue weighted by Crippen LogP contribution is 2.23. The monoisotopic (exact) mass is 392 g/mol. The van der Waals surface area contributed by atoms with Gasteiger partial charge in [-0.15, -0.1) is 0 Å². The van der Waals surface area contributed by atoms with Gasteiger partial charge < -0.3 is 5.32 Å². The Morgan fingerprint density at radius 3 is 2.33 bits per heavy atom. The standard InChI is InChI=1S/C20H25FN2O3S/c1-3-16-8-5-7-11-19(16)23(27(2,25)26)15-13-20(24)22-14-12-17-9-4-6-10-18(17)21/h4-11H,3,12-15H2,1-2H3,(H,22,24). The molecule has 0 saturated carbocycles. The van der Waals surface area contributed by atoms with Gasteiger partial charge in [0.1, 0.15) is 5.82 Å². The molecule has 5 nitrogen and oxygen atoms in total. The average molecular weight is 392 g/mol. The molecule has 0 saturated heterocycles. The number of nitrogens with zero attached hydrogens (tertiary/aromatic N) is 1. The predicted molar refractivity (Wildman–Crippen MR) is 106 cm³/mol. The van der Waals surface area contributed by atoms with Crippen molar-refractivity contribution in [2.24, 2.45) is 0 Å². The van der Waals surface area contributed by atoms with Crippen molar-refractivity contribution in [3.63, 3.8) is 0 Å². The summed E-state index contributed by atoms with van der Waals surface area (Å²) in [5.41, 5.74) is 2.04. The summed E-state index contributed by atoms with van der Waals surface area (Å²) in [6, 6.07) is 13.7. The van der Waals surface area contributed by atoms with Gasteiger partial charge in [-0.05, 0) is 36.1 Å². The highest BCUT2D eigenvalue weighted by atomic mass is 32.2. The number of sulfonamides is 1. The average Bonchev–Trinajstić information content (AvgIpc) is 2.63. The van der Waals surface area contributed by atoms with E-state index in [1.54, 1.807) is 30.3 Å². The number of hydrogen-bond donors (Lipinski definition) is 1. The molecular formula is C20H25FN2O3S. The van der Waals surface area contributed by atoms with E-state index in [0.29, 0.717) is 30.6 Å². The lowest BCUT2D eigenvalue weighted by Gasteiger charge is -2.24. The van der Waals surface area contributed by atoms with Crippen molar-refractivity contribution in [1.29, 1.82) is 0 Å². The molecule has 2 aromatic rings. The number of para-hydroxylation sites is 1. The number of anilines is 1. The van der Waals surface area contributed by atoms with Crippen LogP contribution < -0.4 is 9.62 Å². The van der Waals surface area contributed by atoms with Gasteiger partial charge in [0.25, 0.3) is 0 Å². The second-order valence-electron chi connectivity index (χ2n) is 6.26. The number of amides is 1. The van der Waals surface area contributed by atoms with Gasteiger partial charge >= 0.3 is 0 Å². The molecule has 0 unspecified atom stereocenters. The first kappa shape index (κ1) is 20.9. The Balaban J connectivity index is 1.95. The van der Waals surface area contributed by atoms with Gasteiger partial charge in [-0.1, -0.05) is 43.3 Å². The highest BCUT2D eigenvalue weighted by Gasteiger charge is 2.20. The Morgan fingerprint density at radius 1 is 1.07 bits per heavy atom. The summed E-state index contributed by atoms with van der Waals surface area (Å²) in [4.78, 5) is 12.1. The zero-order chi connectivity index (χ0) is 19.9. The molecule has 1 amide bonds. The molecule has 0 spiro atoms. The Kier molecular flexibility index (Phi) is 7.36. The first-order valence-corrected chi connectivity index (χ1v) is 10.7. The highest BCUT2D eigenvalue weighted by molar-refractivity contribution is 7.92. The predicted octanol–water partition coefficient (Wildman–Crippen LogP) is 2.90. The van der Waals surface area contributed by atoms with Crippen LogP contribution in [0.15, 0.2) is 48.5 Å². The van der Waals surface area contributed by atoms with Crippen LogP contribution in [0.3, 0.4) is 0 Å². The SMILES string of the molecule is CCc1ccccc1N(CCC(=O)NCCc1ccccc1F)S(C)(=O)=O. The van der Waals surface area contributed by atoms with Crippen molar-refractivity contribution in [2.75, 3.05) is 23.7 Å². The van der Waals surface area contributed by atoms with E-state index < -0.39 is 10.0 Å². The van der Waals surface area contributed by atoms with Crippen molar-refractivity contribution < 1.29 is 17.6 Å². The number of benzene rings is 2. The molecule has 0 atom stereocenters. The van der Waals surface area contributed by atoms with Gasteiger partial charge in [-0.25, -0.2) is 12.8 Å². The van der Waals surface area contributed by atoms with E-state index in [4.69, 9.17) is 0 Å². The summed E-state index contributed by atoms with van der Waals surface area (Å²) in [6.45, 7) is 2.31. The van der Waals surface area contributed by atoms with Crippen LogP contribution in [0.25, 0.3) is 0 Å². The third-order valence-electron chi connectivity index (χ3n) is 4.26. The molecule has 0 fully saturated rings.